The molecule has 2 N–H and O–H groups in total. The van der Waals surface area contributed by atoms with Crippen molar-refractivity contribution in [3.63, 3.8) is 0 Å². The number of hydrogen-bond donors (Lipinski definition) is 2. The van der Waals surface area contributed by atoms with E-state index in [-0.39, 0.29) is 29.4 Å². The minimum atomic E-state index is -1.25. The first kappa shape index (κ1) is 23.0. The Morgan fingerprint density at radius 1 is 1.28 bits per heavy atom. The van der Waals surface area contributed by atoms with Crippen LogP contribution in [0, 0.1) is 33.3 Å². The number of carboxylic acids is 1. The summed E-state index contributed by atoms with van der Waals surface area (Å²) < 4.78 is 5.50. The van der Waals surface area contributed by atoms with Gasteiger partial charge in [0.1, 0.15) is 6.61 Å². The summed E-state index contributed by atoms with van der Waals surface area (Å²) in [7, 11) is 0. The van der Waals surface area contributed by atoms with E-state index in [1.165, 1.54) is 18.2 Å². The summed E-state index contributed by atoms with van der Waals surface area (Å²) in [6.45, 7) is 3.12. The lowest BCUT2D eigenvalue weighted by molar-refractivity contribution is -0.384. The maximum Gasteiger partial charge on any atom is 0.336 e. The molecule has 32 heavy (non-hydrogen) atoms. The largest absolute Gasteiger partial charge is 0.478 e. The number of nitro groups is 1. The Kier molecular flexibility index (Phi) is 6.93. The van der Waals surface area contributed by atoms with Gasteiger partial charge in [-0.3, -0.25) is 10.1 Å². The van der Waals surface area contributed by atoms with E-state index < -0.39 is 28.7 Å². The van der Waals surface area contributed by atoms with E-state index in [2.05, 4.69) is 11.4 Å². The van der Waals surface area contributed by atoms with Crippen molar-refractivity contribution in [2.75, 3.05) is 6.61 Å². The molecule has 2 unspecified atom stereocenters. The molecule has 168 valence electrons. The van der Waals surface area contributed by atoms with Crippen LogP contribution in [0.5, 0.6) is 0 Å². The van der Waals surface area contributed by atoms with Crippen molar-refractivity contribution in [3.05, 3.63) is 62.5 Å². The number of rotatable bonds is 7. The van der Waals surface area contributed by atoms with Crippen LogP contribution in [0.2, 0.25) is 0 Å². The fourth-order valence-electron chi connectivity index (χ4n) is 4.58. The van der Waals surface area contributed by atoms with Crippen LogP contribution in [0.1, 0.15) is 51.0 Å². The number of hydrogen-bond acceptors (Lipinski definition) is 7. The molecule has 3 rings (SSSR count). The van der Waals surface area contributed by atoms with Gasteiger partial charge in [0.25, 0.3) is 5.69 Å². The van der Waals surface area contributed by atoms with Gasteiger partial charge in [-0.1, -0.05) is 25.0 Å². The fraction of sp³-hybridized carbons (Fsp3) is 0.435. The average molecular weight is 439 g/mol. The second kappa shape index (κ2) is 9.64. The number of carbonyl (C=O) groups is 2. The van der Waals surface area contributed by atoms with Gasteiger partial charge >= 0.3 is 11.9 Å². The molecule has 9 heteroatoms. The Morgan fingerprint density at radius 3 is 2.53 bits per heavy atom. The van der Waals surface area contributed by atoms with Crippen molar-refractivity contribution in [1.82, 2.24) is 5.32 Å². The number of allylic oxidation sites excluding steroid dienone is 2. The Balaban J connectivity index is 1.96. The summed E-state index contributed by atoms with van der Waals surface area (Å²) in [6.07, 6.45) is 3.93. The van der Waals surface area contributed by atoms with Gasteiger partial charge in [-0.15, -0.1) is 0 Å². The number of nitrogens with zero attached hydrogens (tertiary/aromatic N) is 2. The minimum absolute atomic E-state index is 0.0663. The molecule has 9 nitrogen and oxygen atoms in total. The maximum atomic E-state index is 13.1. The number of carbonyl (C=O) groups excluding carboxylic acids is 1. The minimum Gasteiger partial charge on any atom is -0.478 e. The smallest absolute Gasteiger partial charge is 0.336 e. The zero-order valence-electron chi connectivity index (χ0n) is 18.0. The number of carboxylic acid groups (broad SMARTS) is 1. The predicted molar refractivity (Wildman–Crippen MR) is 114 cm³/mol. The van der Waals surface area contributed by atoms with Crippen molar-refractivity contribution in [1.29, 1.82) is 5.26 Å². The van der Waals surface area contributed by atoms with Crippen molar-refractivity contribution >= 4 is 17.6 Å². The second-order valence-electron chi connectivity index (χ2n) is 8.17. The van der Waals surface area contributed by atoms with Crippen LogP contribution in [0.15, 0.2) is 46.8 Å². The molecule has 1 aliphatic carbocycles. The number of benzene rings is 1. The van der Waals surface area contributed by atoms with Gasteiger partial charge < -0.3 is 15.2 Å². The van der Waals surface area contributed by atoms with Crippen LogP contribution in [0.3, 0.4) is 0 Å². The first-order valence-corrected chi connectivity index (χ1v) is 10.5. The summed E-state index contributed by atoms with van der Waals surface area (Å²) in [5, 5.41) is 33.5. The molecule has 1 aromatic carbocycles. The van der Waals surface area contributed by atoms with Gasteiger partial charge in [0.2, 0.25) is 0 Å². The lowest BCUT2D eigenvalue weighted by Gasteiger charge is -2.30. The summed E-state index contributed by atoms with van der Waals surface area (Å²) in [5.74, 6) is -3.28. The average Bonchev–Trinajstić information content (AvgIpc) is 3.28. The highest BCUT2D eigenvalue weighted by Gasteiger charge is 2.38. The Hall–Kier alpha value is -3.67. The zero-order valence-corrected chi connectivity index (χ0v) is 18.0. The molecule has 1 fully saturated rings. The molecular formula is C23H25N3O6. The maximum absolute atomic E-state index is 13.1. The Labute approximate surface area is 185 Å². The molecule has 0 bridgehead atoms. The number of ether oxygens (including phenoxy) is 1. The van der Waals surface area contributed by atoms with E-state index in [9.17, 15) is 30.1 Å². The number of nitrogens with one attached hydrogen (secondary N) is 1. The number of nitro benzene ring substituents is 1. The molecule has 0 aromatic heterocycles. The Morgan fingerprint density at radius 2 is 1.94 bits per heavy atom. The van der Waals surface area contributed by atoms with Crippen molar-refractivity contribution in [2.24, 2.45) is 11.8 Å². The standard InChI is InChI=1S/C23H25N3O6/c1-13-19(22(27)28)21(16-8-5-9-18(10-16)26(30)31)20(14(2)25-13)23(29)32-12-17(11-24)15-6-3-4-7-15/h5,8-10,15,17,21,25H,3-4,6-7,12H2,1-2H3,(H,27,28). The molecule has 2 aliphatic rings. The summed E-state index contributed by atoms with van der Waals surface area (Å²) in [4.78, 5) is 35.9. The first-order valence-electron chi connectivity index (χ1n) is 10.5. The molecule has 0 radical (unpaired) electrons. The molecule has 1 aliphatic heterocycles. The third-order valence-corrected chi connectivity index (χ3v) is 6.15. The van der Waals surface area contributed by atoms with E-state index in [0.717, 1.165) is 25.7 Å². The number of esters is 1. The van der Waals surface area contributed by atoms with Crippen LogP contribution in [-0.2, 0) is 14.3 Å². The van der Waals surface area contributed by atoms with Crippen LogP contribution < -0.4 is 5.32 Å². The van der Waals surface area contributed by atoms with E-state index in [1.54, 1.807) is 19.9 Å². The second-order valence-corrected chi connectivity index (χ2v) is 8.17. The van der Waals surface area contributed by atoms with Crippen molar-refractivity contribution < 1.29 is 24.4 Å². The number of nitriles is 1. The normalized spacial score (nSPS) is 19.8. The van der Waals surface area contributed by atoms with E-state index >= 15 is 0 Å². The molecular weight excluding hydrogens is 414 g/mol. The summed E-state index contributed by atoms with van der Waals surface area (Å²) in [6, 6.07) is 7.80. The number of non-ortho nitro benzene ring substituents is 1. The van der Waals surface area contributed by atoms with Crippen molar-refractivity contribution in [3.8, 4) is 6.07 Å². The molecule has 0 spiro atoms. The van der Waals surface area contributed by atoms with E-state index in [4.69, 9.17) is 4.74 Å². The van der Waals surface area contributed by atoms with Gasteiger partial charge in [-0.25, -0.2) is 9.59 Å². The summed E-state index contributed by atoms with van der Waals surface area (Å²) in [5.41, 5.74) is 0.815. The van der Waals surface area contributed by atoms with Crippen LogP contribution >= 0.6 is 0 Å². The number of dihydropyridines is 1. The zero-order chi connectivity index (χ0) is 23.4. The van der Waals surface area contributed by atoms with Gasteiger partial charge in [0, 0.05) is 23.5 Å². The third kappa shape index (κ3) is 4.64. The third-order valence-electron chi connectivity index (χ3n) is 6.15. The van der Waals surface area contributed by atoms with Gasteiger partial charge in [0.05, 0.1) is 34.0 Å². The van der Waals surface area contributed by atoms with Crippen molar-refractivity contribution in [2.45, 2.75) is 45.4 Å². The quantitative estimate of drug-likeness (QED) is 0.371. The lowest BCUT2D eigenvalue weighted by Crippen LogP contribution is -2.32. The van der Waals surface area contributed by atoms with Gasteiger partial charge in [0.15, 0.2) is 0 Å². The topological polar surface area (TPSA) is 143 Å². The molecule has 2 atom stereocenters. The van der Waals surface area contributed by atoms with Gasteiger partial charge in [-0.05, 0) is 38.2 Å². The number of aliphatic carboxylic acids is 1. The van der Waals surface area contributed by atoms with Gasteiger partial charge in [-0.2, -0.15) is 5.26 Å². The highest BCUT2D eigenvalue weighted by Crippen LogP contribution is 2.40. The highest BCUT2D eigenvalue weighted by molar-refractivity contribution is 5.99. The predicted octanol–water partition coefficient (Wildman–Crippen LogP) is 3.79. The SMILES string of the molecule is CC1=C(C(=O)O)C(c2cccc([N+](=O)[O-])c2)C(C(=O)OCC(C#N)C2CCCC2)=C(C)N1. The Bertz CT molecular complexity index is 1050. The lowest BCUT2D eigenvalue weighted by atomic mass is 9.80. The first-order chi connectivity index (χ1) is 15.2. The van der Waals surface area contributed by atoms with Crippen LogP contribution in [0.25, 0.3) is 0 Å². The summed E-state index contributed by atoms with van der Waals surface area (Å²) >= 11 is 0. The van der Waals surface area contributed by atoms with Crippen LogP contribution in [0.4, 0.5) is 5.69 Å². The van der Waals surface area contributed by atoms with Crippen LogP contribution in [-0.4, -0.2) is 28.6 Å². The molecule has 1 saturated carbocycles. The van der Waals surface area contributed by atoms with E-state index in [1.807, 2.05) is 0 Å². The molecule has 1 heterocycles. The molecule has 0 saturated heterocycles. The fourth-order valence-corrected chi connectivity index (χ4v) is 4.58. The van der Waals surface area contributed by atoms with E-state index in [0.29, 0.717) is 17.0 Å². The molecule has 0 amide bonds. The monoisotopic (exact) mass is 439 g/mol. The molecule has 1 aromatic rings. The highest BCUT2D eigenvalue weighted by atomic mass is 16.6.